The van der Waals surface area contributed by atoms with Gasteiger partial charge in [-0.05, 0) is 33.1 Å². The third-order valence-corrected chi connectivity index (χ3v) is 3.79. The van der Waals surface area contributed by atoms with Crippen LogP contribution < -0.4 is 5.32 Å². The minimum absolute atomic E-state index is 0.165. The molecule has 0 aromatic rings. The van der Waals surface area contributed by atoms with Crippen LogP contribution in [0.2, 0.25) is 0 Å². The molecule has 4 nitrogen and oxygen atoms in total. The van der Waals surface area contributed by atoms with Crippen molar-refractivity contribution in [1.82, 2.24) is 10.2 Å². The molecule has 0 aromatic heterocycles. The van der Waals surface area contributed by atoms with E-state index in [4.69, 9.17) is 4.74 Å². The average Bonchev–Trinajstić information content (AvgIpc) is 2.86. The Kier molecular flexibility index (Phi) is 3.50. The van der Waals surface area contributed by atoms with Gasteiger partial charge in [-0.1, -0.05) is 0 Å². The molecule has 16 heavy (non-hydrogen) atoms. The van der Waals surface area contributed by atoms with Crippen LogP contribution in [0.3, 0.4) is 0 Å². The van der Waals surface area contributed by atoms with Crippen molar-refractivity contribution >= 4 is 5.91 Å². The Bertz CT molecular complexity index is 268. The number of carbonyl (C=O) groups excluding carboxylic acids is 1. The fourth-order valence-corrected chi connectivity index (χ4v) is 2.48. The number of rotatable bonds is 4. The molecule has 0 saturated carbocycles. The molecule has 0 aromatic carbocycles. The van der Waals surface area contributed by atoms with Gasteiger partial charge in [0.05, 0.1) is 18.8 Å². The standard InChI is InChI=1S/C12H22N2O2/c1-8(2)14(3)12(15)7-13-10-6-9-4-5-11(10)16-9/h8-11,13H,4-7H2,1-3H3. The van der Waals surface area contributed by atoms with E-state index in [2.05, 4.69) is 5.32 Å². The van der Waals surface area contributed by atoms with Crippen LogP contribution in [0.25, 0.3) is 0 Å². The van der Waals surface area contributed by atoms with Crippen molar-refractivity contribution in [2.24, 2.45) is 0 Å². The Morgan fingerprint density at radius 1 is 1.50 bits per heavy atom. The van der Waals surface area contributed by atoms with Gasteiger partial charge in [-0.15, -0.1) is 0 Å². The number of amides is 1. The van der Waals surface area contributed by atoms with Crippen molar-refractivity contribution in [2.45, 2.75) is 57.4 Å². The van der Waals surface area contributed by atoms with E-state index in [1.807, 2.05) is 20.9 Å². The van der Waals surface area contributed by atoms with Gasteiger partial charge >= 0.3 is 0 Å². The van der Waals surface area contributed by atoms with E-state index < -0.39 is 0 Å². The molecule has 2 bridgehead atoms. The summed E-state index contributed by atoms with van der Waals surface area (Å²) in [6.07, 6.45) is 4.21. The van der Waals surface area contributed by atoms with Gasteiger partial charge in [0.1, 0.15) is 0 Å². The van der Waals surface area contributed by atoms with Gasteiger partial charge in [-0.3, -0.25) is 4.79 Å². The van der Waals surface area contributed by atoms with Crippen LogP contribution in [0.15, 0.2) is 0 Å². The first-order valence-corrected chi connectivity index (χ1v) is 6.22. The zero-order valence-corrected chi connectivity index (χ0v) is 10.4. The summed E-state index contributed by atoms with van der Waals surface area (Å²) in [5.41, 5.74) is 0. The van der Waals surface area contributed by atoms with E-state index >= 15 is 0 Å². The van der Waals surface area contributed by atoms with Crippen LogP contribution in [-0.4, -0.2) is 48.7 Å². The average molecular weight is 226 g/mol. The van der Waals surface area contributed by atoms with Gasteiger partial charge < -0.3 is 15.0 Å². The van der Waals surface area contributed by atoms with Crippen LogP contribution >= 0.6 is 0 Å². The Hall–Kier alpha value is -0.610. The molecule has 2 aliphatic heterocycles. The first-order valence-electron chi connectivity index (χ1n) is 6.22. The fraction of sp³-hybridized carbons (Fsp3) is 0.917. The van der Waals surface area contributed by atoms with Crippen molar-refractivity contribution in [3.05, 3.63) is 0 Å². The topological polar surface area (TPSA) is 41.6 Å². The summed E-state index contributed by atoms with van der Waals surface area (Å²) in [5, 5.41) is 3.33. The van der Waals surface area contributed by atoms with E-state index in [-0.39, 0.29) is 11.9 Å². The molecule has 1 amide bonds. The highest BCUT2D eigenvalue weighted by Gasteiger charge is 2.40. The summed E-state index contributed by atoms with van der Waals surface area (Å²) in [4.78, 5) is 13.5. The lowest BCUT2D eigenvalue weighted by atomic mass is 9.95. The van der Waals surface area contributed by atoms with E-state index in [9.17, 15) is 4.79 Å². The molecule has 2 heterocycles. The second kappa shape index (κ2) is 4.72. The van der Waals surface area contributed by atoms with Crippen molar-refractivity contribution in [1.29, 1.82) is 0 Å². The van der Waals surface area contributed by atoms with Gasteiger partial charge in [-0.25, -0.2) is 0 Å². The van der Waals surface area contributed by atoms with E-state index in [1.165, 1.54) is 6.42 Å². The van der Waals surface area contributed by atoms with Crippen LogP contribution in [0.4, 0.5) is 0 Å². The zero-order valence-electron chi connectivity index (χ0n) is 10.4. The summed E-state index contributed by atoms with van der Waals surface area (Å²) in [7, 11) is 1.85. The minimum atomic E-state index is 0.165. The SMILES string of the molecule is CC(C)N(C)C(=O)CNC1CC2CCC1O2. The second-order valence-corrected chi connectivity index (χ2v) is 5.20. The Morgan fingerprint density at radius 2 is 2.25 bits per heavy atom. The number of carbonyl (C=O) groups is 1. The van der Waals surface area contributed by atoms with Crippen molar-refractivity contribution in [3.63, 3.8) is 0 Å². The van der Waals surface area contributed by atoms with E-state index in [1.54, 1.807) is 4.90 Å². The Balaban J connectivity index is 1.73. The lowest BCUT2D eigenvalue weighted by Crippen LogP contribution is -2.45. The van der Waals surface area contributed by atoms with Crippen molar-refractivity contribution < 1.29 is 9.53 Å². The quantitative estimate of drug-likeness (QED) is 0.769. The highest BCUT2D eigenvalue weighted by atomic mass is 16.5. The largest absolute Gasteiger partial charge is 0.373 e. The highest BCUT2D eigenvalue weighted by Crippen LogP contribution is 2.34. The molecule has 0 spiro atoms. The first kappa shape index (κ1) is 11.9. The van der Waals surface area contributed by atoms with Gasteiger partial charge in [0.25, 0.3) is 0 Å². The van der Waals surface area contributed by atoms with E-state index in [0.717, 1.165) is 12.8 Å². The molecule has 4 heteroatoms. The molecular formula is C12H22N2O2. The summed E-state index contributed by atoms with van der Waals surface area (Å²) >= 11 is 0. The maximum atomic E-state index is 11.8. The van der Waals surface area contributed by atoms with Crippen LogP contribution in [0, 0.1) is 0 Å². The number of fused-ring (bicyclic) bond motifs is 2. The monoisotopic (exact) mass is 226 g/mol. The third-order valence-electron chi connectivity index (χ3n) is 3.79. The fourth-order valence-electron chi connectivity index (χ4n) is 2.48. The molecule has 0 aliphatic carbocycles. The number of nitrogens with zero attached hydrogens (tertiary/aromatic N) is 1. The predicted molar refractivity (Wildman–Crippen MR) is 62.2 cm³/mol. The molecule has 2 saturated heterocycles. The van der Waals surface area contributed by atoms with Gasteiger partial charge in [-0.2, -0.15) is 0 Å². The molecule has 3 unspecified atom stereocenters. The lowest BCUT2D eigenvalue weighted by molar-refractivity contribution is -0.130. The number of hydrogen-bond donors (Lipinski definition) is 1. The van der Waals surface area contributed by atoms with Crippen LogP contribution in [-0.2, 0) is 9.53 Å². The lowest BCUT2D eigenvalue weighted by Gasteiger charge is -2.24. The maximum absolute atomic E-state index is 11.8. The molecule has 2 rings (SSSR count). The first-order chi connectivity index (χ1) is 7.58. The molecule has 2 fully saturated rings. The molecule has 0 radical (unpaired) electrons. The predicted octanol–water partition coefficient (Wildman–Crippen LogP) is 0.763. The Morgan fingerprint density at radius 3 is 2.75 bits per heavy atom. The van der Waals surface area contributed by atoms with Gasteiger partial charge in [0.15, 0.2) is 0 Å². The van der Waals surface area contributed by atoms with Gasteiger partial charge in [0, 0.05) is 19.1 Å². The third kappa shape index (κ3) is 2.38. The summed E-state index contributed by atoms with van der Waals surface area (Å²) in [6.45, 7) is 4.49. The van der Waals surface area contributed by atoms with Crippen molar-refractivity contribution in [2.75, 3.05) is 13.6 Å². The minimum Gasteiger partial charge on any atom is -0.373 e. The van der Waals surface area contributed by atoms with Crippen LogP contribution in [0.1, 0.15) is 33.1 Å². The molecule has 3 atom stereocenters. The van der Waals surface area contributed by atoms with Gasteiger partial charge in [0.2, 0.25) is 5.91 Å². The Labute approximate surface area is 97.3 Å². The molecule has 92 valence electrons. The van der Waals surface area contributed by atoms with E-state index in [0.29, 0.717) is 24.8 Å². The molecule has 1 N–H and O–H groups in total. The second-order valence-electron chi connectivity index (χ2n) is 5.20. The molecule has 2 aliphatic rings. The molecular weight excluding hydrogens is 204 g/mol. The maximum Gasteiger partial charge on any atom is 0.236 e. The number of ether oxygens (including phenoxy) is 1. The van der Waals surface area contributed by atoms with Crippen molar-refractivity contribution in [3.8, 4) is 0 Å². The number of nitrogens with one attached hydrogen (secondary N) is 1. The summed E-state index contributed by atoms with van der Waals surface area (Å²) < 4.78 is 5.74. The number of hydrogen-bond acceptors (Lipinski definition) is 3. The van der Waals surface area contributed by atoms with Crippen LogP contribution in [0.5, 0.6) is 0 Å². The number of likely N-dealkylation sites (N-methyl/N-ethyl adjacent to an activating group) is 1. The normalized spacial score (nSPS) is 32.4. The summed E-state index contributed by atoms with van der Waals surface area (Å²) in [6, 6.07) is 0.661. The zero-order chi connectivity index (χ0) is 11.7. The highest BCUT2D eigenvalue weighted by molar-refractivity contribution is 5.78. The summed E-state index contributed by atoms with van der Waals surface area (Å²) in [5.74, 6) is 0.165. The smallest absolute Gasteiger partial charge is 0.236 e.